The number of sulfone groups is 1. The van der Waals surface area contributed by atoms with Crippen LogP contribution < -0.4 is 0 Å². The Morgan fingerprint density at radius 1 is 1.20 bits per heavy atom. The smallest absolute Gasteiger partial charge is 0.318 e. The van der Waals surface area contributed by atoms with Gasteiger partial charge in [0.25, 0.3) is 0 Å². The highest BCUT2D eigenvalue weighted by atomic mass is 32.2. The number of carbonyl (C=O) groups is 1. The molecule has 0 heterocycles. The van der Waals surface area contributed by atoms with Gasteiger partial charge in [0.1, 0.15) is 16.4 Å². The van der Waals surface area contributed by atoms with Crippen molar-refractivity contribution in [2.45, 2.75) is 0 Å². The molecule has 0 radical (unpaired) electrons. The van der Waals surface area contributed by atoms with E-state index in [0.29, 0.717) is 4.31 Å². The Kier molecular flexibility index (Phi) is 4.68. The number of rotatable bonds is 6. The van der Waals surface area contributed by atoms with Crippen molar-refractivity contribution in [2.24, 2.45) is 0 Å². The zero-order valence-electron chi connectivity index (χ0n) is 8.37. The Morgan fingerprint density at radius 3 is 2.00 bits per heavy atom. The number of aliphatic carboxylic acids is 1. The van der Waals surface area contributed by atoms with Gasteiger partial charge in [0.2, 0.25) is 10.0 Å². The van der Waals surface area contributed by atoms with Crippen LogP contribution in [0.4, 0.5) is 0 Å². The Hall–Kier alpha value is -0.670. The predicted molar refractivity (Wildman–Crippen MR) is 53.8 cm³/mol. The van der Waals surface area contributed by atoms with E-state index in [1.807, 2.05) is 0 Å². The van der Waals surface area contributed by atoms with Crippen LogP contribution >= 0.6 is 0 Å². The van der Waals surface area contributed by atoms with Gasteiger partial charge in [-0.2, -0.15) is 4.31 Å². The number of sulfonamides is 1. The largest absolute Gasteiger partial charge is 0.480 e. The molecular weight excluding hydrogens is 246 g/mol. The average molecular weight is 259 g/mol. The molecule has 0 rings (SSSR count). The van der Waals surface area contributed by atoms with Crippen LogP contribution in [0.5, 0.6) is 0 Å². The summed E-state index contributed by atoms with van der Waals surface area (Å²) in [6.07, 6.45) is 0.916. The minimum absolute atomic E-state index is 0.515. The van der Waals surface area contributed by atoms with Gasteiger partial charge >= 0.3 is 5.97 Å². The van der Waals surface area contributed by atoms with Crippen molar-refractivity contribution in [3.8, 4) is 0 Å². The van der Waals surface area contributed by atoms with Crippen molar-refractivity contribution < 1.29 is 26.7 Å². The molecule has 0 spiro atoms. The summed E-state index contributed by atoms with van der Waals surface area (Å²) in [5.41, 5.74) is 0. The molecule has 1 N–H and O–H groups in total. The summed E-state index contributed by atoms with van der Waals surface area (Å²) in [7, 11) is -6.10. The molecule has 0 atom stereocenters. The molecule has 0 aliphatic rings. The maximum atomic E-state index is 11.3. The molecule has 0 bridgehead atoms. The third kappa shape index (κ3) is 6.42. The van der Waals surface area contributed by atoms with Crippen LogP contribution in [0.1, 0.15) is 0 Å². The van der Waals surface area contributed by atoms with Crippen molar-refractivity contribution in [2.75, 3.05) is 31.4 Å². The Morgan fingerprint density at radius 2 is 1.67 bits per heavy atom. The van der Waals surface area contributed by atoms with Gasteiger partial charge < -0.3 is 5.11 Å². The zero-order chi connectivity index (χ0) is 12.3. The molecule has 7 nitrogen and oxygen atoms in total. The van der Waals surface area contributed by atoms with E-state index in [1.54, 1.807) is 0 Å². The standard InChI is InChI=1S/C6H13NO6S2/c1-7(5-6(8)9)15(12,13)4-3-14(2,10)11/h3-5H2,1-2H3,(H,8,9). The van der Waals surface area contributed by atoms with E-state index in [4.69, 9.17) is 5.11 Å². The molecule has 0 aliphatic heterocycles. The average Bonchev–Trinajstić information content (AvgIpc) is 1.98. The molecule has 0 saturated carbocycles. The second-order valence-electron chi connectivity index (χ2n) is 3.10. The number of carboxylic acid groups (broad SMARTS) is 1. The van der Waals surface area contributed by atoms with Gasteiger partial charge in [-0.3, -0.25) is 4.79 Å². The summed E-state index contributed by atoms with van der Waals surface area (Å²) >= 11 is 0. The summed E-state index contributed by atoms with van der Waals surface area (Å²) in [5.74, 6) is -2.41. The van der Waals surface area contributed by atoms with Crippen molar-refractivity contribution in [1.82, 2.24) is 4.31 Å². The van der Waals surface area contributed by atoms with Gasteiger partial charge in [-0.05, 0) is 0 Å². The van der Waals surface area contributed by atoms with Crippen LogP contribution in [-0.4, -0.2) is 63.6 Å². The minimum Gasteiger partial charge on any atom is -0.480 e. The number of hydrogen-bond acceptors (Lipinski definition) is 5. The summed E-state index contributed by atoms with van der Waals surface area (Å²) in [4.78, 5) is 10.2. The molecule has 90 valence electrons. The van der Waals surface area contributed by atoms with E-state index in [-0.39, 0.29) is 0 Å². The quantitative estimate of drug-likeness (QED) is 0.614. The van der Waals surface area contributed by atoms with Crippen LogP contribution in [0.15, 0.2) is 0 Å². The number of nitrogens with zero attached hydrogens (tertiary/aromatic N) is 1. The van der Waals surface area contributed by atoms with E-state index >= 15 is 0 Å². The van der Waals surface area contributed by atoms with Gasteiger partial charge in [-0.25, -0.2) is 16.8 Å². The Bertz CT molecular complexity index is 423. The summed E-state index contributed by atoms with van der Waals surface area (Å²) in [6, 6.07) is 0. The topological polar surface area (TPSA) is 109 Å². The van der Waals surface area contributed by atoms with Crippen molar-refractivity contribution >= 4 is 25.8 Å². The Balaban J connectivity index is 4.50. The molecule has 0 unspecified atom stereocenters. The molecule has 0 saturated heterocycles. The lowest BCUT2D eigenvalue weighted by atomic mass is 10.7. The molecular formula is C6H13NO6S2. The molecule has 0 fully saturated rings. The molecule has 0 aliphatic carbocycles. The second-order valence-corrected chi connectivity index (χ2v) is 7.55. The van der Waals surface area contributed by atoms with Crippen LogP contribution in [0.25, 0.3) is 0 Å². The SMILES string of the molecule is CN(CC(=O)O)S(=O)(=O)CCS(C)(=O)=O. The van der Waals surface area contributed by atoms with Gasteiger partial charge in [0, 0.05) is 13.3 Å². The predicted octanol–water partition coefficient (Wildman–Crippen LogP) is -1.62. The van der Waals surface area contributed by atoms with Gasteiger partial charge in [0.15, 0.2) is 0 Å². The highest BCUT2D eigenvalue weighted by molar-refractivity contribution is 7.93. The lowest BCUT2D eigenvalue weighted by molar-refractivity contribution is -0.137. The highest BCUT2D eigenvalue weighted by Gasteiger charge is 2.21. The van der Waals surface area contributed by atoms with Gasteiger partial charge in [-0.1, -0.05) is 0 Å². The van der Waals surface area contributed by atoms with Gasteiger partial charge in [0.05, 0.1) is 11.5 Å². The number of likely N-dealkylation sites (N-methyl/N-ethyl adjacent to an activating group) is 1. The summed E-state index contributed by atoms with van der Waals surface area (Å²) < 4.78 is 44.7. The van der Waals surface area contributed by atoms with Crippen LogP contribution in [0.2, 0.25) is 0 Å². The lowest BCUT2D eigenvalue weighted by Gasteiger charge is -2.13. The first-order valence-electron chi connectivity index (χ1n) is 3.88. The van der Waals surface area contributed by atoms with Crippen LogP contribution in [-0.2, 0) is 24.7 Å². The fourth-order valence-electron chi connectivity index (χ4n) is 0.701. The van der Waals surface area contributed by atoms with E-state index in [1.165, 1.54) is 0 Å². The monoisotopic (exact) mass is 259 g/mol. The molecule has 0 amide bonds. The van der Waals surface area contributed by atoms with Crippen molar-refractivity contribution in [3.05, 3.63) is 0 Å². The maximum absolute atomic E-state index is 11.3. The van der Waals surface area contributed by atoms with Gasteiger partial charge in [-0.15, -0.1) is 0 Å². The normalized spacial score (nSPS) is 13.0. The first-order valence-corrected chi connectivity index (χ1v) is 7.55. The fourth-order valence-corrected chi connectivity index (χ4v) is 3.37. The maximum Gasteiger partial charge on any atom is 0.318 e. The van der Waals surface area contributed by atoms with Crippen molar-refractivity contribution in [3.63, 3.8) is 0 Å². The molecule has 9 heteroatoms. The third-order valence-electron chi connectivity index (χ3n) is 1.54. The first kappa shape index (κ1) is 14.3. The van der Waals surface area contributed by atoms with E-state index in [9.17, 15) is 21.6 Å². The second kappa shape index (κ2) is 4.90. The molecule has 0 aromatic rings. The highest BCUT2D eigenvalue weighted by Crippen LogP contribution is 1.99. The van der Waals surface area contributed by atoms with E-state index < -0.39 is 43.9 Å². The number of hydrogen-bond donors (Lipinski definition) is 1. The first-order chi connectivity index (χ1) is 6.54. The van der Waals surface area contributed by atoms with Crippen molar-refractivity contribution in [1.29, 1.82) is 0 Å². The van der Waals surface area contributed by atoms with E-state index in [2.05, 4.69) is 0 Å². The van der Waals surface area contributed by atoms with E-state index in [0.717, 1.165) is 13.3 Å². The summed E-state index contributed by atoms with van der Waals surface area (Å²) in [6.45, 7) is -0.675. The number of carboxylic acids is 1. The molecule has 0 aromatic heterocycles. The molecule has 0 aromatic carbocycles. The minimum atomic E-state index is -3.82. The Labute approximate surface area is 88.7 Å². The zero-order valence-corrected chi connectivity index (χ0v) is 10.0. The van der Waals surface area contributed by atoms with Crippen LogP contribution in [0, 0.1) is 0 Å². The lowest BCUT2D eigenvalue weighted by Crippen LogP contribution is -2.35. The third-order valence-corrected chi connectivity index (χ3v) is 4.55. The summed E-state index contributed by atoms with van der Waals surface area (Å²) in [5, 5.41) is 8.35. The van der Waals surface area contributed by atoms with Crippen LogP contribution in [0.3, 0.4) is 0 Å². The fraction of sp³-hybridized carbons (Fsp3) is 0.833. The molecule has 15 heavy (non-hydrogen) atoms.